The summed E-state index contributed by atoms with van der Waals surface area (Å²) in [6, 6.07) is 1.13. The van der Waals surface area contributed by atoms with Crippen molar-refractivity contribution in [2.75, 3.05) is 5.75 Å². The summed E-state index contributed by atoms with van der Waals surface area (Å²) in [6.07, 6.45) is 4.64. The van der Waals surface area contributed by atoms with E-state index in [0.717, 1.165) is 21.9 Å². The zero-order valence-electron chi connectivity index (χ0n) is 10.5. The molecule has 1 aromatic rings. The minimum atomic E-state index is -0.848. The summed E-state index contributed by atoms with van der Waals surface area (Å²) in [5.41, 5.74) is 4.83. The molecule has 1 unspecified atom stereocenters. The Morgan fingerprint density at radius 3 is 3.16 bits per heavy atom. The van der Waals surface area contributed by atoms with Gasteiger partial charge >= 0.3 is 6.03 Å². The van der Waals surface area contributed by atoms with Crippen molar-refractivity contribution in [3.8, 4) is 0 Å². The molecule has 5 nitrogen and oxygen atoms in total. The molecule has 2 amide bonds. The van der Waals surface area contributed by atoms with Crippen LogP contribution in [0, 0.1) is 0 Å². The highest BCUT2D eigenvalue weighted by Gasteiger charge is 2.27. The number of thiophene rings is 1. The number of hydrogen-bond donors (Lipinski definition) is 2. The fraction of sp³-hybridized carbons (Fsp3) is 0.417. The molecule has 3 N–H and O–H groups in total. The van der Waals surface area contributed by atoms with Crippen LogP contribution in [0.3, 0.4) is 0 Å². The average Bonchev–Trinajstić information content (AvgIpc) is 2.96. The van der Waals surface area contributed by atoms with Gasteiger partial charge in [-0.25, -0.2) is 9.86 Å². The molecule has 0 radical (unpaired) electrons. The van der Waals surface area contributed by atoms with E-state index in [2.05, 4.69) is 6.92 Å². The standard InChI is InChI=1S/C12H16N2O3S2/c1-12(4-2-5-17-12)8-19-9-3-6-18-10(9)7-14(16)11(13)15/h2-3,5-6,16H,4,7-8H2,1H3,(H2,13,15). The molecule has 1 aliphatic heterocycles. The van der Waals surface area contributed by atoms with Gasteiger partial charge in [0, 0.05) is 21.9 Å². The number of rotatable bonds is 5. The first-order valence-electron chi connectivity index (χ1n) is 5.78. The zero-order chi connectivity index (χ0) is 13.9. The number of hydrogen-bond acceptors (Lipinski definition) is 5. The van der Waals surface area contributed by atoms with E-state index >= 15 is 0 Å². The van der Waals surface area contributed by atoms with Crippen LogP contribution in [0.2, 0.25) is 0 Å². The first-order valence-corrected chi connectivity index (χ1v) is 7.64. The van der Waals surface area contributed by atoms with Crippen molar-refractivity contribution < 1.29 is 14.7 Å². The number of nitrogens with two attached hydrogens (primary N) is 1. The van der Waals surface area contributed by atoms with E-state index < -0.39 is 6.03 Å². The largest absolute Gasteiger partial charge is 0.494 e. The number of hydroxylamine groups is 2. The molecular weight excluding hydrogens is 284 g/mol. The van der Waals surface area contributed by atoms with Gasteiger partial charge in [0.1, 0.15) is 5.60 Å². The molecule has 2 rings (SSSR count). The van der Waals surface area contributed by atoms with Crippen molar-refractivity contribution in [3.63, 3.8) is 0 Å². The Kier molecular flexibility index (Phi) is 4.38. The highest BCUT2D eigenvalue weighted by molar-refractivity contribution is 7.99. The number of amides is 2. The maximum atomic E-state index is 10.8. The molecule has 19 heavy (non-hydrogen) atoms. The fourth-order valence-electron chi connectivity index (χ4n) is 1.67. The third kappa shape index (κ3) is 3.65. The third-order valence-electron chi connectivity index (χ3n) is 2.78. The van der Waals surface area contributed by atoms with Gasteiger partial charge in [0.15, 0.2) is 0 Å². The van der Waals surface area contributed by atoms with Crippen LogP contribution in [0.5, 0.6) is 0 Å². The Morgan fingerprint density at radius 2 is 2.53 bits per heavy atom. The lowest BCUT2D eigenvalue weighted by atomic mass is 10.1. The lowest BCUT2D eigenvalue weighted by Crippen LogP contribution is -2.31. The molecule has 0 saturated heterocycles. The highest BCUT2D eigenvalue weighted by Crippen LogP contribution is 2.34. The average molecular weight is 300 g/mol. The summed E-state index contributed by atoms with van der Waals surface area (Å²) in [6.45, 7) is 2.18. The Labute approximate surface area is 120 Å². The molecule has 0 aliphatic carbocycles. The smallest absolute Gasteiger partial charge is 0.338 e. The van der Waals surface area contributed by atoms with Crippen molar-refractivity contribution in [3.05, 3.63) is 28.7 Å². The highest BCUT2D eigenvalue weighted by atomic mass is 32.2. The SMILES string of the molecule is CC1(CSc2ccsc2CN(O)C(N)=O)CC=CO1. The van der Waals surface area contributed by atoms with Gasteiger partial charge in [0.25, 0.3) is 0 Å². The predicted molar refractivity (Wildman–Crippen MR) is 75.2 cm³/mol. The number of primary amides is 1. The first-order chi connectivity index (χ1) is 9.00. The monoisotopic (exact) mass is 300 g/mol. The van der Waals surface area contributed by atoms with Crippen LogP contribution < -0.4 is 5.73 Å². The quantitative estimate of drug-likeness (QED) is 0.498. The molecule has 1 aromatic heterocycles. The number of thioether (sulfide) groups is 1. The van der Waals surface area contributed by atoms with E-state index in [1.165, 1.54) is 11.3 Å². The predicted octanol–water partition coefficient (Wildman–Crippen LogP) is 2.80. The minimum absolute atomic E-state index is 0.116. The number of urea groups is 1. The summed E-state index contributed by atoms with van der Waals surface area (Å²) in [5.74, 6) is 0.811. The van der Waals surface area contributed by atoms with Gasteiger partial charge in [-0.15, -0.1) is 23.1 Å². The fourth-order valence-corrected chi connectivity index (χ4v) is 3.86. The van der Waals surface area contributed by atoms with Gasteiger partial charge in [-0.1, -0.05) is 0 Å². The maximum absolute atomic E-state index is 10.8. The number of ether oxygens (including phenoxy) is 1. The Balaban J connectivity index is 1.94. The summed E-state index contributed by atoms with van der Waals surface area (Å²) in [7, 11) is 0. The van der Waals surface area contributed by atoms with Crippen molar-refractivity contribution in [1.29, 1.82) is 0 Å². The molecule has 1 atom stereocenters. The van der Waals surface area contributed by atoms with Crippen LogP contribution in [0.15, 0.2) is 28.7 Å². The first kappa shape index (κ1) is 14.2. The van der Waals surface area contributed by atoms with Gasteiger partial charge < -0.3 is 10.5 Å². The van der Waals surface area contributed by atoms with Crippen molar-refractivity contribution in [2.24, 2.45) is 5.73 Å². The normalized spacial score (nSPS) is 21.4. The van der Waals surface area contributed by atoms with Crippen LogP contribution in [0.4, 0.5) is 4.79 Å². The molecule has 0 spiro atoms. The van der Waals surface area contributed by atoms with Gasteiger partial charge in [0.2, 0.25) is 0 Å². The molecule has 0 bridgehead atoms. The zero-order valence-corrected chi connectivity index (χ0v) is 12.2. The summed E-state index contributed by atoms with van der Waals surface area (Å²) in [4.78, 5) is 12.8. The van der Waals surface area contributed by atoms with Crippen molar-refractivity contribution in [2.45, 2.75) is 30.4 Å². The summed E-state index contributed by atoms with van der Waals surface area (Å²) in [5, 5.41) is 11.8. The maximum Gasteiger partial charge on any atom is 0.338 e. The molecule has 2 heterocycles. The lowest BCUT2D eigenvalue weighted by molar-refractivity contribution is -0.0467. The van der Waals surface area contributed by atoms with Gasteiger partial charge in [-0.2, -0.15) is 0 Å². The van der Waals surface area contributed by atoms with Crippen LogP contribution in [0.1, 0.15) is 18.2 Å². The molecule has 1 aliphatic rings. The van der Waals surface area contributed by atoms with Crippen LogP contribution in [-0.2, 0) is 11.3 Å². The van der Waals surface area contributed by atoms with E-state index in [1.54, 1.807) is 18.0 Å². The molecule has 7 heteroatoms. The van der Waals surface area contributed by atoms with Crippen LogP contribution in [0.25, 0.3) is 0 Å². The Hall–Kier alpha value is -1.18. The van der Waals surface area contributed by atoms with E-state index in [4.69, 9.17) is 10.5 Å². The van der Waals surface area contributed by atoms with Gasteiger partial charge in [-0.05, 0) is 24.4 Å². The second-order valence-electron chi connectivity index (χ2n) is 4.54. The van der Waals surface area contributed by atoms with Gasteiger partial charge in [-0.3, -0.25) is 5.21 Å². The topological polar surface area (TPSA) is 75.8 Å². The lowest BCUT2D eigenvalue weighted by Gasteiger charge is -2.23. The second kappa shape index (κ2) is 5.85. The van der Waals surface area contributed by atoms with E-state index in [0.29, 0.717) is 5.06 Å². The second-order valence-corrected chi connectivity index (χ2v) is 6.55. The third-order valence-corrected chi connectivity index (χ3v) is 5.27. The van der Waals surface area contributed by atoms with E-state index in [9.17, 15) is 10.0 Å². The molecule has 0 saturated carbocycles. The van der Waals surface area contributed by atoms with Crippen molar-refractivity contribution in [1.82, 2.24) is 5.06 Å². The van der Waals surface area contributed by atoms with Gasteiger partial charge in [0.05, 0.1) is 12.8 Å². The molecule has 0 aromatic carbocycles. The molecule has 104 valence electrons. The summed E-state index contributed by atoms with van der Waals surface area (Å²) < 4.78 is 5.57. The van der Waals surface area contributed by atoms with Crippen LogP contribution >= 0.6 is 23.1 Å². The van der Waals surface area contributed by atoms with Crippen molar-refractivity contribution >= 4 is 29.1 Å². The van der Waals surface area contributed by atoms with E-state index in [1.807, 2.05) is 17.5 Å². The summed E-state index contributed by atoms with van der Waals surface area (Å²) >= 11 is 3.15. The Morgan fingerprint density at radius 1 is 1.74 bits per heavy atom. The number of carbonyl (C=O) groups is 1. The van der Waals surface area contributed by atoms with Crippen LogP contribution in [-0.4, -0.2) is 27.7 Å². The van der Waals surface area contributed by atoms with E-state index in [-0.39, 0.29) is 12.1 Å². The molecule has 0 fully saturated rings. The Bertz CT molecular complexity index is 479. The number of nitrogens with zero attached hydrogens (tertiary/aromatic N) is 1. The number of carbonyl (C=O) groups excluding carboxylic acids is 1. The molecular formula is C12H16N2O3S2. The minimum Gasteiger partial charge on any atom is -0.494 e.